The van der Waals surface area contributed by atoms with Crippen LogP contribution in [0.15, 0.2) is 60.7 Å². The van der Waals surface area contributed by atoms with Crippen molar-refractivity contribution in [2.75, 3.05) is 6.54 Å². The number of primary amides is 1. The number of unbranched alkanes of at least 4 members (excludes halogenated alkanes) is 1. The summed E-state index contributed by atoms with van der Waals surface area (Å²) in [6.07, 6.45) is 0.478. The van der Waals surface area contributed by atoms with Crippen molar-refractivity contribution in [2.24, 2.45) is 5.73 Å². The summed E-state index contributed by atoms with van der Waals surface area (Å²) in [7, 11) is 0. The highest BCUT2D eigenvalue weighted by Gasteiger charge is 2.36. The Bertz CT molecular complexity index is 1050. The zero-order chi connectivity index (χ0) is 28.1. The summed E-state index contributed by atoms with van der Waals surface area (Å²) in [6.45, 7) is 7.69. The first-order chi connectivity index (χ1) is 18.0. The first-order valence-corrected chi connectivity index (χ1v) is 13.0. The van der Waals surface area contributed by atoms with Crippen LogP contribution in [0, 0.1) is 0 Å². The van der Waals surface area contributed by atoms with E-state index in [1.165, 1.54) is 4.90 Å². The lowest BCUT2D eigenvalue weighted by atomic mass is 10.0. The van der Waals surface area contributed by atoms with Crippen molar-refractivity contribution in [1.82, 2.24) is 15.5 Å². The second kappa shape index (κ2) is 14.8. The van der Waals surface area contributed by atoms with Crippen molar-refractivity contribution in [3.63, 3.8) is 0 Å². The first-order valence-electron chi connectivity index (χ1n) is 13.0. The Morgan fingerprint density at radius 3 is 2.13 bits per heavy atom. The molecule has 4 amide bonds. The molecule has 9 nitrogen and oxygen atoms in total. The lowest BCUT2D eigenvalue weighted by molar-refractivity contribution is -0.143. The lowest BCUT2D eigenvalue weighted by Crippen LogP contribution is -2.53. The Morgan fingerprint density at radius 1 is 0.974 bits per heavy atom. The van der Waals surface area contributed by atoms with Gasteiger partial charge in [-0.1, -0.05) is 74.0 Å². The Hall–Kier alpha value is -3.88. The minimum Gasteiger partial charge on any atom is -0.444 e. The van der Waals surface area contributed by atoms with Gasteiger partial charge in [-0.2, -0.15) is 0 Å². The number of hydrogen-bond donors (Lipinski definition) is 3. The zero-order valence-corrected chi connectivity index (χ0v) is 22.7. The van der Waals surface area contributed by atoms with E-state index < -0.39 is 35.6 Å². The average molecular weight is 525 g/mol. The number of nitrogens with zero attached hydrogens (tertiary/aromatic N) is 1. The van der Waals surface area contributed by atoms with Gasteiger partial charge in [0, 0.05) is 19.5 Å². The molecular weight excluding hydrogens is 484 g/mol. The molecule has 2 aromatic carbocycles. The highest BCUT2D eigenvalue weighted by molar-refractivity contribution is 5.92. The highest BCUT2D eigenvalue weighted by atomic mass is 16.6. The molecule has 2 rings (SSSR count). The van der Waals surface area contributed by atoms with Gasteiger partial charge in [-0.05, 0) is 44.7 Å². The van der Waals surface area contributed by atoms with E-state index in [-0.39, 0.29) is 25.3 Å². The minimum absolute atomic E-state index is 0.0246. The number of amides is 4. The van der Waals surface area contributed by atoms with E-state index in [0.717, 1.165) is 12.0 Å². The minimum atomic E-state index is -1.11. The van der Waals surface area contributed by atoms with E-state index in [1.807, 2.05) is 43.3 Å². The summed E-state index contributed by atoms with van der Waals surface area (Å²) in [5.74, 6) is -1.45. The predicted octanol–water partition coefficient (Wildman–Crippen LogP) is 3.83. The molecule has 0 bridgehead atoms. The average Bonchev–Trinajstić information content (AvgIpc) is 2.87. The maximum Gasteiger partial charge on any atom is 0.408 e. The molecule has 0 spiro atoms. The van der Waals surface area contributed by atoms with Crippen molar-refractivity contribution in [3.05, 3.63) is 71.8 Å². The van der Waals surface area contributed by atoms with E-state index in [4.69, 9.17) is 10.5 Å². The number of rotatable bonds is 13. The lowest BCUT2D eigenvalue weighted by Gasteiger charge is -2.34. The summed E-state index contributed by atoms with van der Waals surface area (Å²) in [5, 5.41) is 5.55. The van der Waals surface area contributed by atoms with Gasteiger partial charge in [-0.15, -0.1) is 0 Å². The molecular formula is C29H40N4O5. The molecule has 38 heavy (non-hydrogen) atoms. The van der Waals surface area contributed by atoms with Crippen LogP contribution in [0.5, 0.6) is 0 Å². The number of alkyl carbamates (subject to hydrolysis) is 1. The van der Waals surface area contributed by atoms with Crippen LogP contribution in [0.1, 0.15) is 70.5 Å². The topological polar surface area (TPSA) is 131 Å². The van der Waals surface area contributed by atoms with Crippen molar-refractivity contribution in [3.8, 4) is 0 Å². The Morgan fingerprint density at radius 2 is 1.58 bits per heavy atom. The van der Waals surface area contributed by atoms with Gasteiger partial charge in [0.2, 0.25) is 17.7 Å². The monoisotopic (exact) mass is 524 g/mol. The van der Waals surface area contributed by atoms with Gasteiger partial charge in [0.15, 0.2) is 0 Å². The van der Waals surface area contributed by atoms with Gasteiger partial charge in [-0.25, -0.2) is 4.79 Å². The highest BCUT2D eigenvalue weighted by Crippen LogP contribution is 2.24. The number of ether oxygens (including phenoxy) is 1. The van der Waals surface area contributed by atoms with E-state index >= 15 is 0 Å². The smallest absolute Gasteiger partial charge is 0.408 e. The third-order valence-corrected chi connectivity index (χ3v) is 5.69. The second-order valence-corrected chi connectivity index (χ2v) is 10.1. The summed E-state index contributed by atoms with van der Waals surface area (Å²) >= 11 is 0. The molecule has 2 unspecified atom stereocenters. The van der Waals surface area contributed by atoms with Gasteiger partial charge < -0.3 is 26.0 Å². The van der Waals surface area contributed by atoms with Crippen LogP contribution in [0.4, 0.5) is 4.79 Å². The van der Waals surface area contributed by atoms with E-state index in [1.54, 1.807) is 45.0 Å². The molecule has 2 atom stereocenters. The quantitative estimate of drug-likeness (QED) is 0.367. The maximum absolute atomic E-state index is 14.0. The molecule has 0 aliphatic rings. The molecule has 206 valence electrons. The summed E-state index contributed by atoms with van der Waals surface area (Å²) in [4.78, 5) is 53.2. The van der Waals surface area contributed by atoms with Crippen molar-refractivity contribution in [2.45, 2.75) is 77.6 Å². The number of carbonyl (C=O) groups excluding carboxylic acids is 4. The van der Waals surface area contributed by atoms with Crippen LogP contribution in [0.25, 0.3) is 0 Å². The van der Waals surface area contributed by atoms with Crippen molar-refractivity contribution < 1.29 is 23.9 Å². The fourth-order valence-electron chi connectivity index (χ4n) is 3.88. The second-order valence-electron chi connectivity index (χ2n) is 10.1. The van der Waals surface area contributed by atoms with E-state index in [2.05, 4.69) is 10.6 Å². The van der Waals surface area contributed by atoms with Crippen LogP contribution in [0.3, 0.4) is 0 Å². The van der Waals surface area contributed by atoms with E-state index in [0.29, 0.717) is 18.5 Å². The summed E-state index contributed by atoms with van der Waals surface area (Å²) in [6, 6.07) is 16.4. The van der Waals surface area contributed by atoms with Gasteiger partial charge in [0.1, 0.15) is 17.7 Å². The number of nitrogens with one attached hydrogen (secondary N) is 2. The van der Waals surface area contributed by atoms with Gasteiger partial charge in [0.05, 0.1) is 0 Å². The number of nitrogens with two attached hydrogens (primary N) is 1. The van der Waals surface area contributed by atoms with Crippen molar-refractivity contribution >= 4 is 23.8 Å². The molecule has 0 aliphatic carbocycles. The molecule has 9 heteroatoms. The van der Waals surface area contributed by atoms with Crippen LogP contribution in [-0.2, 0) is 25.7 Å². The predicted molar refractivity (Wildman–Crippen MR) is 146 cm³/mol. The summed E-state index contributed by atoms with van der Waals surface area (Å²) < 4.78 is 5.35. The molecule has 0 aliphatic heterocycles. The molecule has 0 radical (unpaired) electrons. The SMILES string of the molecule is CCCCN(C(=O)C(CCC(N)=O)NC(=O)OC(C)(C)C)C(C(=O)NCc1ccccc1)c1ccccc1. The summed E-state index contributed by atoms with van der Waals surface area (Å²) in [5.41, 5.74) is 6.12. The van der Waals surface area contributed by atoms with Crippen LogP contribution in [-0.4, -0.2) is 46.9 Å². The largest absolute Gasteiger partial charge is 0.444 e. The van der Waals surface area contributed by atoms with Crippen molar-refractivity contribution in [1.29, 1.82) is 0 Å². The third-order valence-electron chi connectivity index (χ3n) is 5.69. The number of hydrogen-bond acceptors (Lipinski definition) is 5. The molecule has 4 N–H and O–H groups in total. The fourth-order valence-corrected chi connectivity index (χ4v) is 3.88. The Kier molecular flexibility index (Phi) is 11.8. The van der Waals surface area contributed by atoms with Crippen LogP contribution in [0.2, 0.25) is 0 Å². The molecule has 0 saturated heterocycles. The molecule has 0 saturated carbocycles. The molecule has 0 heterocycles. The molecule has 2 aromatic rings. The van der Waals surface area contributed by atoms with Crippen LogP contribution < -0.4 is 16.4 Å². The van der Waals surface area contributed by atoms with Gasteiger partial charge >= 0.3 is 6.09 Å². The Balaban J connectivity index is 2.41. The van der Waals surface area contributed by atoms with Gasteiger partial charge in [0.25, 0.3) is 0 Å². The van der Waals surface area contributed by atoms with Crippen LogP contribution >= 0.6 is 0 Å². The zero-order valence-electron chi connectivity index (χ0n) is 22.7. The Labute approximate surface area is 225 Å². The first kappa shape index (κ1) is 30.3. The molecule has 0 aromatic heterocycles. The van der Waals surface area contributed by atoms with Gasteiger partial charge in [-0.3, -0.25) is 14.4 Å². The normalized spacial score (nSPS) is 12.6. The standard InChI is InChI=1S/C29H40N4O5/c1-5-6-19-33(27(36)23(17-18-24(30)34)32-28(37)38-29(2,3)4)25(22-15-11-8-12-16-22)26(35)31-20-21-13-9-7-10-14-21/h7-16,23,25H,5-6,17-20H2,1-4H3,(H2,30,34)(H,31,35)(H,32,37). The third kappa shape index (κ3) is 10.2. The maximum atomic E-state index is 14.0. The number of carbonyl (C=O) groups is 4. The van der Waals surface area contributed by atoms with E-state index in [9.17, 15) is 19.2 Å². The number of benzene rings is 2. The fraction of sp³-hybridized carbons (Fsp3) is 0.448. The molecule has 0 fully saturated rings.